The fourth-order valence-corrected chi connectivity index (χ4v) is 3.18. The van der Waals surface area contributed by atoms with Gasteiger partial charge in [-0.05, 0) is 32.6 Å². The number of rotatable bonds is 4. The molecule has 0 spiro atoms. The molecule has 1 saturated heterocycles. The predicted molar refractivity (Wildman–Crippen MR) is 78.8 cm³/mol. The molecule has 2 rings (SSSR count). The number of carbonyl (C=O) groups is 2. The molecule has 5 nitrogen and oxygen atoms in total. The standard InChI is InChI=1S/C15H22ClNO4/c1-9-11(7-8-16)14(19)17-12(15(20)21-9)13(18)10-5-3-2-4-6-10/h3,5,9-13,18H,2,4,6-8H2,1H3,(H,17,19)/t9-,10?,11+,12-,13?/m1/s1. The Kier molecular flexibility index (Phi) is 5.65. The monoisotopic (exact) mass is 315 g/mol. The molecule has 1 fully saturated rings. The van der Waals surface area contributed by atoms with Crippen LogP contribution in [-0.2, 0) is 14.3 Å². The second-order valence-corrected chi connectivity index (χ2v) is 6.10. The van der Waals surface area contributed by atoms with E-state index in [-0.39, 0.29) is 11.8 Å². The van der Waals surface area contributed by atoms with Gasteiger partial charge in [0.05, 0.1) is 12.0 Å². The SMILES string of the molecule is C[C@H]1OC(=O)[C@@H](C(O)C2C=CCCC2)NC(=O)[C@H]1CCCl. The molecule has 118 valence electrons. The normalized spacial score (nSPS) is 34.8. The average molecular weight is 316 g/mol. The third-order valence-electron chi connectivity index (χ3n) is 4.25. The molecule has 21 heavy (non-hydrogen) atoms. The highest BCUT2D eigenvalue weighted by Gasteiger charge is 2.41. The number of halogens is 1. The minimum absolute atomic E-state index is 0.128. The molecule has 2 aliphatic rings. The summed E-state index contributed by atoms with van der Waals surface area (Å²) < 4.78 is 5.31. The number of aliphatic hydroxyl groups is 1. The summed E-state index contributed by atoms with van der Waals surface area (Å²) in [6.45, 7) is 1.68. The number of allylic oxidation sites excluding steroid dienone is 1. The van der Waals surface area contributed by atoms with E-state index in [1.54, 1.807) is 6.92 Å². The van der Waals surface area contributed by atoms with E-state index in [9.17, 15) is 14.7 Å². The third kappa shape index (κ3) is 3.77. The first-order chi connectivity index (χ1) is 10.0. The van der Waals surface area contributed by atoms with Gasteiger partial charge >= 0.3 is 5.97 Å². The number of esters is 1. The quantitative estimate of drug-likeness (QED) is 0.467. The van der Waals surface area contributed by atoms with Crippen LogP contribution in [0.4, 0.5) is 0 Å². The van der Waals surface area contributed by atoms with Crippen molar-refractivity contribution < 1.29 is 19.4 Å². The molecule has 2 unspecified atom stereocenters. The van der Waals surface area contributed by atoms with E-state index in [2.05, 4.69) is 5.32 Å². The summed E-state index contributed by atoms with van der Waals surface area (Å²) in [4.78, 5) is 24.4. The maximum absolute atomic E-state index is 12.2. The van der Waals surface area contributed by atoms with Crippen LogP contribution in [0.2, 0.25) is 0 Å². The number of hydrogen-bond donors (Lipinski definition) is 2. The van der Waals surface area contributed by atoms with Crippen LogP contribution in [0.1, 0.15) is 32.6 Å². The maximum Gasteiger partial charge on any atom is 0.331 e. The topological polar surface area (TPSA) is 75.6 Å². The van der Waals surface area contributed by atoms with Crippen LogP contribution in [0.3, 0.4) is 0 Å². The zero-order chi connectivity index (χ0) is 15.4. The predicted octanol–water partition coefficient (Wildman–Crippen LogP) is 1.38. The van der Waals surface area contributed by atoms with Crippen molar-refractivity contribution in [3.05, 3.63) is 12.2 Å². The molecule has 0 aromatic heterocycles. The van der Waals surface area contributed by atoms with Gasteiger partial charge in [-0.2, -0.15) is 0 Å². The van der Waals surface area contributed by atoms with Crippen molar-refractivity contribution >= 4 is 23.5 Å². The Morgan fingerprint density at radius 1 is 1.52 bits per heavy atom. The van der Waals surface area contributed by atoms with Gasteiger partial charge in [0.15, 0.2) is 6.04 Å². The molecule has 1 amide bonds. The molecule has 6 heteroatoms. The van der Waals surface area contributed by atoms with Crippen LogP contribution in [0.15, 0.2) is 12.2 Å². The lowest BCUT2D eigenvalue weighted by molar-refractivity contribution is -0.154. The molecule has 2 N–H and O–H groups in total. The average Bonchev–Trinajstić information content (AvgIpc) is 2.59. The minimum atomic E-state index is -1.01. The van der Waals surface area contributed by atoms with E-state index in [1.165, 1.54) is 0 Å². The smallest absolute Gasteiger partial charge is 0.331 e. The summed E-state index contributed by atoms with van der Waals surface area (Å²) in [5, 5.41) is 13.1. The van der Waals surface area contributed by atoms with Crippen LogP contribution >= 0.6 is 11.6 Å². The number of carbonyl (C=O) groups excluding carboxylic acids is 2. The number of alkyl halides is 1. The number of hydrogen-bond acceptors (Lipinski definition) is 4. The largest absolute Gasteiger partial charge is 0.460 e. The molecule has 1 aliphatic carbocycles. The highest BCUT2D eigenvalue weighted by atomic mass is 35.5. The highest BCUT2D eigenvalue weighted by molar-refractivity contribution is 6.18. The molecule has 0 radical (unpaired) electrons. The van der Waals surface area contributed by atoms with Crippen molar-refractivity contribution in [1.82, 2.24) is 5.32 Å². The van der Waals surface area contributed by atoms with Gasteiger partial charge in [-0.3, -0.25) is 4.79 Å². The molecule has 0 saturated carbocycles. The molecule has 1 aliphatic heterocycles. The van der Waals surface area contributed by atoms with Crippen molar-refractivity contribution in [3.63, 3.8) is 0 Å². The van der Waals surface area contributed by atoms with E-state index in [4.69, 9.17) is 16.3 Å². The van der Waals surface area contributed by atoms with E-state index in [1.807, 2.05) is 12.2 Å². The zero-order valence-electron chi connectivity index (χ0n) is 12.1. The first kappa shape index (κ1) is 16.3. The molecule has 0 aromatic carbocycles. The Balaban J connectivity index is 2.12. The molecular formula is C15H22ClNO4. The van der Waals surface area contributed by atoms with Gasteiger partial charge in [-0.1, -0.05) is 12.2 Å². The summed E-state index contributed by atoms with van der Waals surface area (Å²) in [6.07, 6.45) is 5.62. The summed E-state index contributed by atoms with van der Waals surface area (Å²) in [5.74, 6) is -1.13. The molecule has 0 bridgehead atoms. The van der Waals surface area contributed by atoms with E-state index in [0.29, 0.717) is 12.3 Å². The Labute approximate surface area is 129 Å². The summed E-state index contributed by atoms with van der Waals surface area (Å²) in [5.41, 5.74) is 0. The lowest BCUT2D eigenvalue weighted by Gasteiger charge is -2.27. The zero-order valence-corrected chi connectivity index (χ0v) is 12.9. The highest BCUT2D eigenvalue weighted by Crippen LogP contribution is 2.25. The molecule has 5 atom stereocenters. The fourth-order valence-electron chi connectivity index (χ4n) is 2.95. The fraction of sp³-hybridized carbons (Fsp3) is 0.733. The van der Waals surface area contributed by atoms with Gasteiger partial charge < -0.3 is 15.2 Å². The van der Waals surface area contributed by atoms with Crippen molar-refractivity contribution in [2.45, 2.75) is 50.9 Å². The molecular weight excluding hydrogens is 294 g/mol. The Morgan fingerprint density at radius 3 is 2.90 bits per heavy atom. The Morgan fingerprint density at radius 2 is 2.29 bits per heavy atom. The Hall–Kier alpha value is -1.07. The Bertz CT molecular complexity index is 426. The van der Waals surface area contributed by atoms with Gasteiger partial charge in [0.1, 0.15) is 6.10 Å². The van der Waals surface area contributed by atoms with Crippen LogP contribution in [-0.4, -0.2) is 41.1 Å². The number of ether oxygens (including phenoxy) is 1. The second-order valence-electron chi connectivity index (χ2n) is 5.73. The van der Waals surface area contributed by atoms with Gasteiger partial charge in [0.2, 0.25) is 5.91 Å². The number of cyclic esters (lactones) is 1. The van der Waals surface area contributed by atoms with Gasteiger partial charge in [-0.15, -0.1) is 11.6 Å². The lowest BCUT2D eigenvalue weighted by Crippen LogP contribution is -2.51. The van der Waals surface area contributed by atoms with Crippen LogP contribution < -0.4 is 5.32 Å². The number of nitrogens with one attached hydrogen (secondary N) is 1. The van der Waals surface area contributed by atoms with E-state index < -0.39 is 30.1 Å². The van der Waals surface area contributed by atoms with Crippen molar-refractivity contribution in [3.8, 4) is 0 Å². The maximum atomic E-state index is 12.2. The first-order valence-electron chi connectivity index (χ1n) is 7.46. The summed E-state index contributed by atoms with van der Waals surface area (Å²) in [6, 6.07) is -1.01. The minimum Gasteiger partial charge on any atom is -0.460 e. The number of amides is 1. The summed E-state index contributed by atoms with van der Waals surface area (Å²) >= 11 is 5.70. The third-order valence-corrected chi connectivity index (χ3v) is 4.47. The lowest BCUT2D eigenvalue weighted by atomic mass is 9.87. The van der Waals surface area contributed by atoms with E-state index >= 15 is 0 Å². The van der Waals surface area contributed by atoms with Crippen molar-refractivity contribution in [2.24, 2.45) is 11.8 Å². The summed E-state index contributed by atoms with van der Waals surface area (Å²) in [7, 11) is 0. The van der Waals surface area contributed by atoms with Gasteiger partial charge in [-0.25, -0.2) is 4.79 Å². The van der Waals surface area contributed by atoms with Crippen molar-refractivity contribution in [2.75, 3.05) is 5.88 Å². The van der Waals surface area contributed by atoms with Crippen LogP contribution in [0, 0.1) is 11.8 Å². The number of aliphatic hydroxyl groups excluding tert-OH is 1. The van der Waals surface area contributed by atoms with Crippen LogP contribution in [0.25, 0.3) is 0 Å². The first-order valence-corrected chi connectivity index (χ1v) is 7.99. The van der Waals surface area contributed by atoms with Gasteiger partial charge in [0.25, 0.3) is 0 Å². The molecule has 0 aromatic rings. The van der Waals surface area contributed by atoms with Crippen molar-refractivity contribution in [1.29, 1.82) is 0 Å². The molecule has 1 heterocycles. The van der Waals surface area contributed by atoms with Crippen LogP contribution in [0.5, 0.6) is 0 Å². The van der Waals surface area contributed by atoms with Gasteiger partial charge in [0, 0.05) is 11.8 Å². The van der Waals surface area contributed by atoms with E-state index in [0.717, 1.165) is 19.3 Å². The second kappa shape index (κ2) is 7.27.